The highest BCUT2D eigenvalue weighted by Crippen LogP contribution is 2.37. The van der Waals surface area contributed by atoms with Crippen LogP contribution in [0.15, 0.2) is 58.6 Å². The number of anilines is 1. The van der Waals surface area contributed by atoms with E-state index < -0.39 is 17.8 Å². The molecule has 2 aliphatic rings. The SMILES string of the molecule is COc1cc(/C=C2\C(=O)NC(=O)N(c3ccc(Br)c(C)c3)C2=O)cc(I)c1OCc1ccc2c(c1)OCO2. The number of halogens is 2. The molecule has 0 aliphatic carbocycles. The van der Waals surface area contributed by atoms with Crippen molar-refractivity contribution in [1.29, 1.82) is 0 Å². The lowest BCUT2D eigenvalue weighted by Gasteiger charge is -2.26. The van der Waals surface area contributed by atoms with Crippen LogP contribution in [-0.4, -0.2) is 31.7 Å². The van der Waals surface area contributed by atoms with Gasteiger partial charge in [-0.2, -0.15) is 0 Å². The molecular formula is C27H20BrIN2O7. The van der Waals surface area contributed by atoms with E-state index >= 15 is 0 Å². The van der Waals surface area contributed by atoms with Crippen molar-refractivity contribution in [2.75, 3.05) is 18.8 Å². The molecule has 11 heteroatoms. The maximum absolute atomic E-state index is 13.3. The molecule has 9 nitrogen and oxygen atoms in total. The second kappa shape index (κ2) is 10.7. The summed E-state index contributed by atoms with van der Waals surface area (Å²) in [6.07, 6.45) is 1.43. The van der Waals surface area contributed by atoms with Crippen molar-refractivity contribution in [3.05, 3.63) is 78.8 Å². The largest absolute Gasteiger partial charge is 0.493 e. The molecule has 0 atom stereocenters. The molecule has 0 spiro atoms. The first-order valence-electron chi connectivity index (χ1n) is 11.3. The minimum atomic E-state index is -0.807. The fraction of sp³-hybridized carbons (Fsp3) is 0.148. The Hall–Kier alpha value is -3.58. The number of barbiturate groups is 1. The van der Waals surface area contributed by atoms with Crippen molar-refractivity contribution in [2.24, 2.45) is 0 Å². The number of hydrogen-bond acceptors (Lipinski definition) is 7. The number of fused-ring (bicyclic) bond motifs is 1. The topological polar surface area (TPSA) is 103 Å². The van der Waals surface area contributed by atoms with Gasteiger partial charge >= 0.3 is 6.03 Å². The number of amides is 4. The Bertz CT molecular complexity index is 1520. The number of benzene rings is 3. The standard InChI is InChI=1S/C27H20BrIN2O7/c1-14-7-17(4-5-19(14)28)31-26(33)18(25(32)30-27(31)34)8-16-9-20(29)24(23(11-16)35-2)36-12-15-3-6-21-22(10-15)38-13-37-21/h3-11H,12-13H2,1-2H3,(H,30,32,34)/b18-8+. The summed E-state index contributed by atoms with van der Waals surface area (Å²) in [6, 6.07) is 13.2. The van der Waals surface area contributed by atoms with Gasteiger partial charge in [-0.25, -0.2) is 9.69 Å². The Morgan fingerprint density at radius 3 is 2.63 bits per heavy atom. The molecule has 38 heavy (non-hydrogen) atoms. The van der Waals surface area contributed by atoms with Crippen LogP contribution in [0.1, 0.15) is 16.7 Å². The summed E-state index contributed by atoms with van der Waals surface area (Å²) >= 11 is 5.51. The van der Waals surface area contributed by atoms with Gasteiger partial charge in [0.15, 0.2) is 23.0 Å². The number of rotatable bonds is 6. The van der Waals surface area contributed by atoms with Crippen LogP contribution >= 0.6 is 38.5 Å². The molecule has 3 aromatic rings. The van der Waals surface area contributed by atoms with E-state index in [1.807, 2.05) is 25.1 Å². The Labute approximate surface area is 240 Å². The average Bonchev–Trinajstić information content (AvgIpc) is 3.35. The predicted octanol–water partition coefficient (Wildman–Crippen LogP) is 5.34. The van der Waals surface area contributed by atoms with Crippen molar-refractivity contribution >= 4 is 68.1 Å². The number of aryl methyl sites for hydroxylation is 1. The number of carbonyl (C=O) groups excluding carboxylic acids is 3. The van der Waals surface area contributed by atoms with Gasteiger partial charge in [-0.15, -0.1) is 0 Å². The van der Waals surface area contributed by atoms with E-state index in [1.165, 1.54) is 13.2 Å². The highest BCUT2D eigenvalue weighted by atomic mass is 127. The second-order valence-corrected chi connectivity index (χ2v) is 10.4. The summed E-state index contributed by atoms with van der Waals surface area (Å²) in [5, 5.41) is 2.24. The third-order valence-electron chi connectivity index (χ3n) is 5.88. The lowest BCUT2D eigenvalue weighted by molar-refractivity contribution is -0.122. The monoisotopic (exact) mass is 690 g/mol. The number of nitrogens with one attached hydrogen (secondary N) is 1. The molecule has 2 aliphatic heterocycles. The first kappa shape index (κ1) is 26.0. The third kappa shape index (κ3) is 5.07. The number of hydrogen-bond donors (Lipinski definition) is 1. The van der Waals surface area contributed by atoms with E-state index in [0.29, 0.717) is 37.8 Å². The summed E-state index contributed by atoms with van der Waals surface area (Å²) in [5.74, 6) is 0.782. The van der Waals surface area contributed by atoms with Crippen LogP contribution in [0.25, 0.3) is 6.08 Å². The summed E-state index contributed by atoms with van der Waals surface area (Å²) in [6.45, 7) is 2.29. The molecule has 0 aromatic heterocycles. The third-order valence-corrected chi connectivity index (χ3v) is 7.58. The maximum Gasteiger partial charge on any atom is 0.335 e. The zero-order valence-electron chi connectivity index (χ0n) is 20.2. The zero-order chi connectivity index (χ0) is 27.0. The fourth-order valence-corrected chi connectivity index (χ4v) is 5.00. The number of nitrogens with zero attached hydrogens (tertiary/aromatic N) is 1. The van der Waals surface area contributed by atoms with E-state index in [2.05, 4.69) is 43.8 Å². The number of methoxy groups -OCH3 is 1. The van der Waals surface area contributed by atoms with E-state index in [1.54, 1.807) is 30.3 Å². The first-order chi connectivity index (χ1) is 18.2. The van der Waals surface area contributed by atoms with Crippen LogP contribution in [0.3, 0.4) is 0 Å². The molecule has 1 N–H and O–H groups in total. The van der Waals surface area contributed by atoms with Crippen molar-refractivity contribution in [3.63, 3.8) is 0 Å². The Morgan fingerprint density at radius 1 is 1.08 bits per heavy atom. The number of ether oxygens (including phenoxy) is 4. The Morgan fingerprint density at radius 2 is 1.87 bits per heavy atom. The van der Waals surface area contributed by atoms with Crippen LogP contribution in [0.5, 0.6) is 23.0 Å². The molecule has 0 unspecified atom stereocenters. The van der Waals surface area contributed by atoms with Crippen molar-refractivity contribution < 1.29 is 33.3 Å². The van der Waals surface area contributed by atoms with Crippen LogP contribution in [0.4, 0.5) is 10.5 Å². The van der Waals surface area contributed by atoms with Crippen LogP contribution < -0.4 is 29.2 Å². The normalized spacial score (nSPS) is 15.6. The number of urea groups is 1. The van der Waals surface area contributed by atoms with Crippen molar-refractivity contribution in [1.82, 2.24) is 5.32 Å². The zero-order valence-corrected chi connectivity index (χ0v) is 23.9. The molecule has 3 aromatic carbocycles. The van der Waals surface area contributed by atoms with Crippen LogP contribution in [0.2, 0.25) is 0 Å². The molecule has 0 saturated carbocycles. The molecule has 1 fully saturated rings. The average molecular weight is 691 g/mol. The van der Waals surface area contributed by atoms with Gasteiger partial charge in [0.05, 0.1) is 16.4 Å². The van der Waals surface area contributed by atoms with E-state index in [9.17, 15) is 14.4 Å². The van der Waals surface area contributed by atoms with E-state index in [4.69, 9.17) is 18.9 Å². The maximum atomic E-state index is 13.3. The lowest BCUT2D eigenvalue weighted by Crippen LogP contribution is -2.54. The quantitative estimate of drug-likeness (QED) is 0.212. The van der Waals surface area contributed by atoms with E-state index in [0.717, 1.165) is 20.5 Å². The van der Waals surface area contributed by atoms with Gasteiger partial charge in [-0.3, -0.25) is 14.9 Å². The minimum absolute atomic E-state index is 0.183. The smallest absolute Gasteiger partial charge is 0.335 e. The fourth-order valence-electron chi connectivity index (χ4n) is 3.98. The lowest BCUT2D eigenvalue weighted by atomic mass is 10.1. The van der Waals surface area contributed by atoms with Crippen LogP contribution in [-0.2, 0) is 16.2 Å². The van der Waals surface area contributed by atoms with Gasteiger partial charge in [-0.1, -0.05) is 22.0 Å². The minimum Gasteiger partial charge on any atom is -0.493 e. The summed E-state index contributed by atoms with van der Waals surface area (Å²) in [5.41, 5.74) is 2.42. The predicted molar refractivity (Wildman–Crippen MR) is 150 cm³/mol. The van der Waals surface area contributed by atoms with Gasteiger partial charge in [0, 0.05) is 4.47 Å². The Kier molecular flexibility index (Phi) is 7.30. The van der Waals surface area contributed by atoms with Gasteiger partial charge < -0.3 is 18.9 Å². The Balaban J connectivity index is 1.41. The molecule has 2 heterocycles. The highest BCUT2D eigenvalue weighted by molar-refractivity contribution is 14.1. The highest BCUT2D eigenvalue weighted by Gasteiger charge is 2.37. The summed E-state index contributed by atoms with van der Waals surface area (Å²) in [4.78, 5) is 39.4. The van der Waals surface area contributed by atoms with E-state index in [-0.39, 0.29) is 19.0 Å². The molecule has 0 radical (unpaired) electrons. The molecule has 5 rings (SSSR count). The molecule has 1 saturated heterocycles. The van der Waals surface area contributed by atoms with Crippen LogP contribution in [0, 0.1) is 10.5 Å². The van der Waals surface area contributed by atoms with Crippen molar-refractivity contribution in [2.45, 2.75) is 13.5 Å². The van der Waals surface area contributed by atoms with Gasteiger partial charge in [0.1, 0.15) is 12.2 Å². The van der Waals surface area contributed by atoms with Crippen molar-refractivity contribution in [3.8, 4) is 23.0 Å². The summed E-state index contributed by atoms with van der Waals surface area (Å²) in [7, 11) is 1.50. The number of carbonyl (C=O) groups is 3. The molecule has 4 amide bonds. The molecular weight excluding hydrogens is 671 g/mol. The van der Waals surface area contributed by atoms with Gasteiger partial charge in [0.2, 0.25) is 6.79 Å². The first-order valence-corrected chi connectivity index (χ1v) is 13.2. The molecule has 194 valence electrons. The van der Waals surface area contributed by atoms with Gasteiger partial charge in [0.25, 0.3) is 11.8 Å². The second-order valence-electron chi connectivity index (χ2n) is 8.40. The van der Waals surface area contributed by atoms with Gasteiger partial charge in [-0.05, 0) is 94.7 Å². The molecule has 0 bridgehead atoms. The summed E-state index contributed by atoms with van der Waals surface area (Å²) < 4.78 is 23.9. The number of imide groups is 2.